The van der Waals surface area contributed by atoms with Gasteiger partial charge in [0.1, 0.15) is 30.2 Å². The zero-order chi connectivity index (χ0) is 18.3. The number of ether oxygens (including phenoxy) is 2. The van der Waals surface area contributed by atoms with E-state index in [1.54, 1.807) is 0 Å². The van der Waals surface area contributed by atoms with Gasteiger partial charge in [-0.15, -0.1) is 0 Å². The first-order chi connectivity index (χ1) is 11.8. The molecule has 2 aliphatic rings. The number of benzene rings is 1. The van der Waals surface area contributed by atoms with E-state index in [0.717, 1.165) is 0 Å². The molecule has 5 atom stereocenters. The normalized spacial score (nSPS) is 32.2. The molecule has 0 unspecified atom stereocenters. The van der Waals surface area contributed by atoms with Crippen molar-refractivity contribution in [1.29, 1.82) is 0 Å². The summed E-state index contributed by atoms with van der Waals surface area (Å²) in [5.41, 5.74) is 0.518. The molecule has 0 bridgehead atoms. The van der Waals surface area contributed by atoms with Gasteiger partial charge in [0.15, 0.2) is 11.6 Å². The van der Waals surface area contributed by atoms with Crippen molar-refractivity contribution >= 4 is 11.6 Å². The molecule has 8 nitrogen and oxygen atoms in total. The lowest BCUT2D eigenvalue weighted by Gasteiger charge is -2.39. The number of Topliss-reactive ketones (excluding diaryl/α,β-unsaturated/α-hetero) is 1. The molecular weight excluding hydrogens is 332 g/mol. The van der Waals surface area contributed by atoms with Gasteiger partial charge in [0.2, 0.25) is 6.29 Å². The smallest absolute Gasteiger partial charge is 0.229 e. The molecule has 1 aliphatic carbocycles. The van der Waals surface area contributed by atoms with Crippen LogP contribution in [0.25, 0.3) is 0 Å². The van der Waals surface area contributed by atoms with Crippen LogP contribution in [0.5, 0.6) is 5.75 Å². The number of carbonyl (C=O) groups excluding carboxylic acids is 2. The molecule has 0 amide bonds. The fraction of sp³-hybridized carbons (Fsp3) is 0.412. The van der Waals surface area contributed by atoms with E-state index >= 15 is 0 Å². The summed E-state index contributed by atoms with van der Waals surface area (Å²) in [5, 5.41) is 38.8. The maximum atomic E-state index is 12.3. The van der Waals surface area contributed by atoms with Crippen LogP contribution in [-0.2, 0) is 4.74 Å². The lowest BCUT2D eigenvalue weighted by Crippen LogP contribution is -2.60. The maximum Gasteiger partial charge on any atom is 0.229 e. The maximum absolute atomic E-state index is 12.3. The third-order valence-electron chi connectivity index (χ3n) is 4.31. The minimum absolute atomic E-state index is 0.00364. The molecule has 3 rings (SSSR count). The zero-order valence-electron chi connectivity index (χ0n) is 13.3. The van der Waals surface area contributed by atoms with E-state index in [1.165, 1.54) is 31.2 Å². The van der Waals surface area contributed by atoms with Crippen LogP contribution in [0.4, 0.5) is 0 Å². The second kappa shape index (κ2) is 6.66. The van der Waals surface area contributed by atoms with Crippen LogP contribution in [0.15, 0.2) is 29.8 Å². The van der Waals surface area contributed by atoms with E-state index in [2.05, 4.69) is 0 Å². The summed E-state index contributed by atoms with van der Waals surface area (Å²) in [5.74, 6) is -0.731. The Morgan fingerprint density at radius 1 is 1.12 bits per heavy atom. The molecule has 25 heavy (non-hydrogen) atoms. The first-order valence-electron chi connectivity index (χ1n) is 7.72. The quantitative estimate of drug-likeness (QED) is 0.556. The van der Waals surface area contributed by atoms with E-state index in [-0.39, 0.29) is 22.7 Å². The summed E-state index contributed by atoms with van der Waals surface area (Å²) in [4.78, 5) is 24.5. The highest BCUT2D eigenvalue weighted by molar-refractivity contribution is 6.25. The van der Waals surface area contributed by atoms with Gasteiger partial charge in [-0.1, -0.05) is 12.1 Å². The Labute approximate surface area is 142 Å². The number of fused-ring (bicyclic) bond motifs is 1. The molecule has 0 saturated carbocycles. The Morgan fingerprint density at radius 3 is 2.52 bits per heavy atom. The van der Waals surface area contributed by atoms with Crippen molar-refractivity contribution in [2.24, 2.45) is 0 Å². The van der Waals surface area contributed by atoms with Crippen molar-refractivity contribution in [2.75, 3.05) is 6.61 Å². The average Bonchev–Trinajstić information content (AvgIpc) is 2.60. The monoisotopic (exact) mass is 350 g/mol. The Hall–Kier alpha value is -2.10. The Balaban J connectivity index is 1.93. The molecule has 1 aliphatic heterocycles. The molecule has 1 aromatic carbocycles. The van der Waals surface area contributed by atoms with E-state index in [1.807, 2.05) is 0 Å². The zero-order valence-corrected chi connectivity index (χ0v) is 13.3. The molecule has 8 heteroatoms. The van der Waals surface area contributed by atoms with E-state index in [0.29, 0.717) is 5.57 Å². The average molecular weight is 350 g/mol. The third kappa shape index (κ3) is 2.99. The summed E-state index contributed by atoms with van der Waals surface area (Å²) in [7, 11) is 0. The third-order valence-corrected chi connectivity index (χ3v) is 4.31. The number of allylic oxidation sites excluding steroid dienone is 2. The van der Waals surface area contributed by atoms with Gasteiger partial charge in [-0.2, -0.15) is 0 Å². The molecule has 4 N–H and O–H groups in total. The standard InChI is InChI=1S/C17H18O8/c1-7-5-9(19)12-8(13(7)20)3-2-4-10(12)24-17-16(23)15(22)14(21)11(6-18)25-17/h2-5,11,14-18,21-23H,6H2,1H3/t11-,14-,15+,16-,17-/m1/s1. The van der Waals surface area contributed by atoms with Crippen molar-refractivity contribution in [2.45, 2.75) is 37.6 Å². The number of aliphatic hydroxyl groups excluding tert-OH is 4. The Bertz CT molecular complexity index is 738. The molecule has 0 radical (unpaired) electrons. The van der Waals surface area contributed by atoms with Crippen molar-refractivity contribution in [3.05, 3.63) is 41.0 Å². The highest BCUT2D eigenvalue weighted by Crippen LogP contribution is 2.32. The summed E-state index contributed by atoms with van der Waals surface area (Å²) >= 11 is 0. The number of hydrogen-bond donors (Lipinski definition) is 4. The summed E-state index contributed by atoms with van der Waals surface area (Å²) in [6, 6.07) is 4.44. The predicted molar refractivity (Wildman–Crippen MR) is 83.3 cm³/mol. The lowest BCUT2D eigenvalue weighted by molar-refractivity contribution is -0.277. The first kappa shape index (κ1) is 17.7. The highest BCUT2D eigenvalue weighted by atomic mass is 16.7. The Kier molecular flexibility index (Phi) is 4.72. The van der Waals surface area contributed by atoms with E-state index in [4.69, 9.17) is 9.47 Å². The number of hydrogen-bond acceptors (Lipinski definition) is 8. The van der Waals surface area contributed by atoms with Crippen LogP contribution in [0.2, 0.25) is 0 Å². The van der Waals surface area contributed by atoms with Crippen molar-refractivity contribution in [1.82, 2.24) is 0 Å². The number of aliphatic hydroxyl groups is 4. The molecule has 1 fully saturated rings. The number of carbonyl (C=O) groups is 2. The van der Waals surface area contributed by atoms with Gasteiger partial charge in [-0.25, -0.2) is 0 Å². The Morgan fingerprint density at radius 2 is 1.84 bits per heavy atom. The van der Waals surface area contributed by atoms with Gasteiger partial charge >= 0.3 is 0 Å². The molecule has 134 valence electrons. The molecule has 1 heterocycles. The van der Waals surface area contributed by atoms with Gasteiger partial charge in [-0.3, -0.25) is 9.59 Å². The molecule has 0 spiro atoms. The predicted octanol–water partition coefficient (Wildman–Crippen LogP) is -0.809. The SMILES string of the molecule is CC1=CC(=O)c2c(O[C@@H]3O[C@H](CO)[C@@H](O)[C@H](O)[C@H]3O)cccc2C1=O. The highest BCUT2D eigenvalue weighted by Gasteiger charge is 2.45. The lowest BCUT2D eigenvalue weighted by atomic mass is 9.89. The number of rotatable bonds is 3. The van der Waals surface area contributed by atoms with Gasteiger partial charge in [0, 0.05) is 11.1 Å². The van der Waals surface area contributed by atoms with Crippen LogP contribution in [0.3, 0.4) is 0 Å². The van der Waals surface area contributed by atoms with E-state index in [9.17, 15) is 30.0 Å². The van der Waals surface area contributed by atoms with Gasteiger partial charge in [0.05, 0.1) is 12.2 Å². The van der Waals surface area contributed by atoms with Gasteiger partial charge in [0.25, 0.3) is 0 Å². The van der Waals surface area contributed by atoms with Crippen LogP contribution >= 0.6 is 0 Å². The van der Waals surface area contributed by atoms with Crippen molar-refractivity contribution < 1.29 is 39.5 Å². The first-order valence-corrected chi connectivity index (χ1v) is 7.72. The van der Waals surface area contributed by atoms with Crippen molar-refractivity contribution in [3.63, 3.8) is 0 Å². The fourth-order valence-electron chi connectivity index (χ4n) is 2.91. The largest absolute Gasteiger partial charge is 0.461 e. The van der Waals surface area contributed by atoms with Gasteiger partial charge < -0.3 is 29.9 Å². The number of ketones is 2. The second-order valence-electron chi connectivity index (χ2n) is 6.01. The summed E-state index contributed by atoms with van der Waals surface area (Å²) in [6.07, 6.45) is -6.10. The van der Waals surface area contributed by atoms with Crippen LogP contribution in [0, 0.1) is 0 Å². The van der Waals surface area contributed by atoms with Crippen LogP contribution in [-0.4, -0.2) is 69.3 Å². The minimum atomic E-state index is -1.61. The fourth-order valence-corrected chi connectivity index (χ4v) is 2.91. The summed E-state index contributed by atoms with van der Waals surface area (Å²) < 4.78 is 10.8. The van der Waals surface area contributed by atoms with E-state index < -0.39 is 43.1 Å². The topological polar surface area (TPSA) is 134 Å². The molecule has 1 aromatic rings. The van der Waals surface area contributed by atoms with Crippen molar-refractivity contribution in [3.8, 4) is 5.75 Å². The summed E-state index contributed by atoms with van der Waals surface area (Å²) in [6.45, 7) is 0.936. The van der Waals surface area contributed by atoms with Crippen LogP contribution in [0.1, 0.15) is 27.6 Å². The van der Waals surface area contributed by atoms with Gasteiger partial charge in [-0.05, 0) is 19.1 Å². The molecular formula is C17H18O8. The minimum Gasteiger partial charge on any atom is -0.461 e. The molecule has 0 aromatic heterocycles. The molecule has 1 saturated heterocycles. The van der Waals surface area contributed by atoms with Crippen LogP contribution < -0.4 is 4.74 Å². The second-order valence-corrected chi connectivity index (χ2v) is 6.01.